The third kappa shape index (κ3) is 4.12. The lowest BCUT2D eigenvalue weighted by molar-refractivity contribution is 0.0781. The Bertz CT molecular complexity index is 818. The van der Waals surface area contributed by atoms with E-state index in [0.717, 1.165) is 5.56 Å². The smallest absolute Gasteiger partial charge is 0.255 e. The normalized spacial score (nSPS) is 11.3. The molecular formula is C17H18ClNO3S. The Hall–Kier alpha value is -1.85. The maximum atomic E-state index is 12.6. The molecule has 0 aromatic heterocycles. The summed E-state index contributed by atoms with van der Waals surface area (Å²) in [5.74, 6) is -0.382. The van der Waals surface area contributed by atoms with Gasteiger partial charge < -0.3 is 4.90 Å². The van der Waals surface area contributed by atoms with E-state index in [1.54, 1.807) is 44.3 Å². The van der Waals surface area contributed by atoms with Crippen molar-refractivity contribution in [2.24, 2.45) is 0 Å². The number of nitrogens with zero attached hydrogens (tertiary/aromatic N) is 1. The second-order valence-electron chi connectivity index (χ2n) is 5.19. The summed E-state index contributed by atoms with van der Waals surface area (Å²) in [5.41, 5.74) is 1.07. The zero-order valence-electron chi connectivity index (χ0n) is 13.0. The van der Waals surface area contributed by atoms with Crippen molar-refractivity contribution in [3.8, 4) is 0 Å². The fourth-order valence-electron chi connectivity index (χ4n) is 2.26. The zero-order valence-corrected chi connectivity index (χ0v) is 14.6. The first-order chi connectivity index (χ1) is 10.8. The molecule has 0 saturated carbocycles. The number of sulfone groups is 1. The number of carbonyl (C=O) groups is 1. The minimum atomic E-state index is -3.46. The zero-order chi connectivity index (χ0) is 17.0. The molecule has 0 radical (unpaired) electrons. The highest BCUT2D eigenvalue weighted by Crippen LogP contribution is 2.20. The highest BCUT2D eigenvalue weighted by molar-refractivity contribution is 7.91. The minimum Gasteiger partial charge on any atom is -0.337 e. The van der Waals surface area contributed by atoms with E-state index in [0.29, 0.717) is 11.6 Å². The molecular weight excluding hydrogens is 334 g/mol. The molecule has 0 N–H and O–H groups in total. The van der Waals surface area contributed by atoms with Crippen LogP contribution in [0.1, 0.15) is 22.8 Å². The molecule has 0 atom stereocenters. The van der Waals surface area contributed by atoms with Gasteiger partial charge >= 0.3 is 0 Å². The van der Waals surface area contributed by atoms with Crippen LogP contribution in [0.4, 0.5) is 0 Å². The van der Waals surface area contributed by atoms with E-state index >= 15 is 0 Å². The predicted octanol–water partition coefficient (Wildman–Crippen LogP) is 3.41. The van der Waals surface area contributed by atoms with E-state index in [2.05, 4.69) is 0 Å². The maximum absolute atomic E-state index is 12.6. The Labute approximate surface area is 141 Å². The molecule has 0 aliphatic carbocycles. The first kappa shape index (κ1) is 17.5. The van der Waals surface area contributed by atoms with Crippen molar-refractivity contribution in [2.45, 2.75) is 18.4 Å². The third-order valence-electron chi connectivity index (χ3n) is 3.49. The molecule has 6 heteroatoms. The van der Waals surface area contributed by atoms with Gasteiger partial charge in [0, 0.05) is 18.6 Å². The van der Waals surface area contributed by atoms with Crippen molar-refractivity contribution in [1.29, 1.82) is 0 Å². The molecule has 0 bridgehead atoms. The van der Waals surface area contributed by atoms with Gasteiger partial charge in [0.25, 0.3) is 5.91 Å². The average molecular weight is 352 g/mol. The van der Waals surface area contributed by atoms with Gasteiger partial charge in [-0.05, 0) is 29.8 Å². The lowest BCUT2D eigenvalue weighted by Gasteiger charge is -2.19. The summed E-state index contributed by atoms with van der Waals surface area (Å²) in [6, 6.07) is 13.5. The van der Waals surface area contributed by atoms with Crippen LogP contribution in [0.2, 0.25) is 5.02 Å². The predicted molar refractivity (Wildman–Crippen MR) is 91.4 cm³/mol. The van der Waals surface area contributed by atoms with Gasteiger partial charge in [-0.3, -0.25) is 4.79 Å². The van der Waals surface area contributed by atoms with Crippen LogP contribution in [0.25, 0.3) is 0 Å². The fraction of sp³-hybridized carbons (Fsp3) is 0.235. The van der Waals surface area contributed by atoms with Crippen LogP contribution in [0.3, 0.4) is 0 Å². The molecule has 2 rings (SSSR count). The number of carbonyl (C=O) groups excluding carboxylic acids is 1. The van der Waals surface area contributed by atoms with Gasteiger partial charge in [0.05, 0.1) is 16.2 Å². The Morgan fingerprint density at radius 3 is 2.48 bits per heavy atom. The number of hydrogen-bond donors (Lipinski definition) is 0. The van der Waals surface area contributed by atoms with E-state index < -0.39 is 9.84 Å². The van der Waals surface area contributed by atoms with Gasteiger partial charge in [0.15, 0.2) is 9.84 Å². The van der Waals surface area contributed by atoms with E-state index in [-0.39, 0.29) is 22.1 Å². The number of hydrogen-bond acceptors (Lipinski definition) is 3. The molecule has 2 aromatic carbocycles. The first-order valence-corrected chi connectivity index (χ1v) is 9.20. The molecule has 0 fully saturated rings. The Balaban J connectivity index is 2.30. The van der Waals surface area contributed by atoms with Crippen molar-refractivity contribution in [3.63, 3.8) is 0 Å². The molecule has 0 aliphatic heterocycles. The molecule has 4 nitrogen and oxygen atoms in total. The Kier molecular flexibility index (Phi) is 5.44. The molecule has 122 valence electrons. The first-order valence-electron chi connectivity index (χ1n) is 7.17. The van der Waals surface area contributed by atoms with Crippen LogP contribution in [-0.4, -0.2) is 32.0 Å². The third-order valence-corrected chi connectivity index (χ3v) is 5.51. The molecule has 0 unspecified atom stereocenters. The van der Waals surface area contributed by atoms with Gasteiger partial charge in [-0.25, -0.2) is 8.42 Å². The number of amides is 1. The molecule has 23 heavy (non-hydrogen) atoms. The van der Waals surface area contributed by atoms with Crippen molar-refractivity contribution >= 4 is 27.3 Å². The van der Waals surface area contributed by atoms with E-state index in [9.17, 15) is 13.2 Å². The summed E-state index contributed by atoms with van der Waals surface area (Å²) in [7, 11) is -1.82. The Morgan fingerprint density at radius 1 is 1.13 bits per heavy atom. The highest BCUT2D eigenvalue weighted by atomic mass is 35.5. The average Bonchev–Trinajstić information content (AvgIpc) is 2.54. The molecule has 1 amide bonds. The van der Waals surface area contributed by atoms with Crippen molar-refractivity contribution in [3.05, 3.63) is 64.7 Å². The summed E-state index contributed by atoms with van der Waals surface area (Å²) < 4.78 is 24.3. The summed E-state index contributed by atoms with van der Waals surface area (Å²) in [6.07, 6.45) is 0. The van der Waals surface area contributed by atoms with Crippen LogP contribution in [0.5, 0.6) is 0 Å². The van der Waals surface area contributed by atoms with E-state index in [1.165, 1.54) is 11.0 Å². The van der Waals surface area contributed by atoms with Crippen molar-refractivity contribution in [2.75, 3.05) is 12.8 Å². The van der Waals surface area contributed by atoms with Crippen LogP contribution in [0, 0.1) is 0 Å². The van der Waals surface area contributed by atoms with E-state index in [4.69, 9.17) is 11.6 Å². The quantitative estimate of drug-likeness (QED) is 0.829. The number of rotatable bonds is 5. The lowest BCUT2D eigenvalue weighted by atomic mass is 10.1. The maximum Gasteiger partial charge on any atom is 0.255 e. The van der Waals surface area contributed by atoms with E-state index in [1.807, 2.05) is 12.1 Å². The SMILES string of the molecule is CCS(=O)(=O)c1ccccc1C(=O)N(C)Cc1cccc(Cl)c1. The summed E-state index contributed by atoms with van der Waals surface area (Å²) in [5, 5.41) is 0.595. The highest BCUT2D eigenvalue weighted by Gasteiger charge is 2.22. The number of benzene rings is 2. The fourth-order valence-corrected chi connectivity index (χ4v) is 3.56. The monoisotopic (exact) mass is 351 g/mol. The minimum absolute atomic E-state index is 0.0463. The van der Waals surface area contributed by atoms with Crippen LogP contribution in [0.15, 0.2) is 53.4 Å². The molecule has 0 saturated heterocycles. The van der Waals surface area contributed by atoms with Crippen LogP contribution in [-0.2, 0) is 16.4 Å². The summed E-state index contributed by atoms with van der Waals surface area (Å²) >= 11 is 5.95. The van der Waals surface area contributed by atoms with Crippen molar-refractivity contribution in [1.82, 2.24) is 4.90 Å². The van der Waals surface area contributed by atoms with Crippen molar-refractivity contribution < 1.29 is 13.2 Å². The second-order valence-corrected chi connectivity index (χ2v) is 7.87. The van der Waals surface area contributed by atoms with Gasteiger partial charge in [0.2, 0.25) is 0 Å². The van der Waals surface area contributed by atoms with Gasteiger partial charge in [0.1, 0.15) is 0 Å². The number of halogens is 1. The topological polar surface area (TPSA) is 54.5 Å². The molecule has 2 aromatic rings. The summed E-state index contributed by atoms with van der Waals surface area (Å²) in [4.78, 5) is 14.2. The lowest BCUT2D eigenvalue weighted by Crippen LogP contribution is -2.27. The molecule has 0 spiro atoms. The van der Waals surface area contributed by atoms with Crippen LogP contribution >= 0.6 is 11.6 Å². The summed E-state index contributed by atoms with van der Waals surface area (Å²) in [6.45, 7) is 1.91. The Morgan fingerprint density at radius 2 is 1.83 bits per heavy atom. The largest absolute Gasteiger partial charge is 0.337 e. The van der Waals surface area contributed by atoms with Gasteiger partial charge in [-0.1, -0.05) is 42.8 Å². The molecule has 0 heterocycles. The molecule has 0 aliphatic rings. The second kappa shape index (κ2) is 7.15. The standard InChI is InChI=1S/C17H18ClNO3S/c1-3-23(21,22)16-10-5-4-9-15(16)17(20)19(2)12-13-7-6-8-14(18)11-13/h4-11H,3,12H2,1-2H3. The van der Waals surface area contributed by atoms with Crippen LogP contribution < -0.4 is 0 Å². The van der Waals surface area contributed by atoms with Gasteiger partial charge in [-0.15, -0.1) is 0 Å². The van der Waals surface area contributed by atoms with Gasteiger partial charge in [-0.2, -0.15) is 0 Å².